The number of methoxy groups -OCH3 is 1. The van der Waals surface area contributed by atoms with Gasteiger partial charge in [-0.25, -0.2) is 0 Å². The van der Waals surface area contributed by atoms with E-state index in [-0.39, 0.29) is 0 Å². The van der Waals surface area contributed by atoms with Crippen molar-refractivity contribution in [3.8, 4) is 11.5 Å². The Labute approximate surface area is 120 Å². The van der Waals surface area contributed by atoms with E-state index in [1.165, 1.54) is 5.56 Å². The van der Waals surface area contributed by atoms with Crippen LogP contribution in [0.1, 0.15) is 24.1 Å². The fraction of sp³-hybridized carbons (Fsp3) is 0.294. The van der Waals surface area contributed by atoms with Crippen LogP contribution in [0.2, 0.25) is 0 Å². The van der Waals surface area contributed by atoms with Crippen molar-refractivity contribution in [2.45, 2.75) is 19.6 Å². The molecule has 0 aliphatic carbocycles. The molecular weight excluding hydrogens is 250 g/mol. The molecule has 2 aromatic carbocycles. The molecule has 0 saturated carbocycles. The Morgan fingerprint density at radius 1 is 1.05 bits per heavy atom. The molecule has 0 aromatic heterocycles. The van der Waals surface area contributed by atoms with Gasteiger partial charge in [0.05, 0.1) is 7.11 Å². The number of hydrogen-bond acceptors (Lipinski definition) is 3. The Hall–Kier alpha value is -2.00. The van der Waals surface area contributed by atoms with Gasteiger partial charge in [0.2, 0.25) is 0 Å². The minimum absolute atomic E-state index is 0.346. The van der Waals surface area contributed by atoms with Crippen LogP contribution in [0.5, 0.6) is 11.5 Å². The van der Waals surface area contributed by atoms with Crippen molar-refractivity contribution in [2.75, 3.05) is 14.2 Å². The molecule has 1 atom stereocenters. The van der Waals surface area contributed by atoms with Crippen LogP contribution < -0.4 is 14.8 Å². The third-order valence-corrected chi connectivity index (χ3v) is 3.40. The largest absolute Gasteiger partial charge is 0.496 e. The zero-order valence-electron chi connectivity index (χ0n) is 12.2. The van der Waals surface area contributed by atoms with Gasteiger partial charge in [-0.15, -0.1) is 0 Å². The molecule has 0 radical (unpaired) electrons. The van der Waals surface area contributed by atoms with Gasteiger partial charge in [0.15, 0.2) is 0 Å². The first-order valence-electron chi connectivity index (χ1n) is 6.76. The summed E-state index contributed by atoms with van der Waals surface area (Å²) in [5, 5.41) is 3.22. The summed E-state index contributed by atoms with van der Waals surface area (Å²) in [4.78, 5) is 0. The summed E-state index contributed by atoms with van der Waals surface area (Å²) < 4.78 is 11.1. The number of para-hydroxylation sites is 1. The van der Waals surface area contributed by atoms with Gasteiger partial charge >= 0.3 is 0 Å². The van der Waals surface area contributed by atoms with Crippen molar-refractivity contribution in [3.05, 3.63) is 59.7 Å². The highest BCUT2D eigenvalue weighted by atomic mass is 16.5. The summed E-state index contributed by atoms with van der Waals surface area (Å²) in [7, 11) is 3.63. The maximum absolute atomic E-state index is 5.80. The molecular formula is C17H21NO2. The highest BCUT2D eigenvalue weighted by molar-refractivity contribution is 5.34. The van der Waals surface area contributed by atoms with Crippen LogP contribution in [0.4, 0.5) is 0 Å². The number of ether oxygens (including phenoxy) is 2. The monoisotopic (exact) mass is 271 g/mol. The van der Waals surface area contributed by atoms with Crippen LogP contribution in [0.25, 0.3) is 0 Å². The lowest BCUT2D eigenvalue weighted by atomic mass is 10.1. The molecule has 20 heavy (non-hydrogen) atoms. The molecule has 3 nitrogen and oxygen atoms in total. The van der Waals surface area contributed by atoms with Crippen molar-refractivity contribution in [2.24, 2.45) is 0 Å². The van der Waals surface area contributed by atoms with Gasteiger partial charge in [0, 0.05) is 11.6 Å². The van der Waals surface area contributed by atoms with Crippen molar-refractivity contribution >= 4 is 0 Å². The Bertz CT molecular complexity index is 537. The van der Waals surface area contributed by atoms with E-state index >= 15 is 0 Å². The molecule has 106 valence electrons. The van der Waals surface area contributed by atoms with E-state index < -0.39 is 0 Å². The topological polar surface area (TPSA) is 30.5 Å². The average molecular weight is 271 g/mol. The van der Waals surface area contributed by atoms with Crippen LogP contribution in [0, 0.1) is 0 Å². The molecule has 0 bridgehead atoms. The molecule has 0 aliphatic rings. The highest BCUT2D eigenvalue weighted by Crippen LogP contribution is 2.21. The highest BCUT2D eigenvalue weighted by Gasteiger charge is 2.04. The van der Waals surface area contributed by atoms with Crippen LogP contribution >= 0.6 is 0 Å². The van der Waals surface area contributed by atoms with Crippen LogP contribution in [0.15, 0.2) is 48.5 Å². The zero-order chi connectivity index (χ0) is 14.4. The Morgan fingerprint density at radius 2 is 1.75 bits per heavy atom. The smallest absolute Gasteiger partial charge is 0.125 e. The summed E-state index contributed by atoms with van der Waals surface area (Å²) in [6, 6.07) is 16.4. The van der Waals surface area contributed by atoms with Gasteiger partial charge in [-0.3, -0.25) is 0 Å². The molecule has 0 heterocycles. The minimum Gasteiger partial charge on any atom is -0.496 e. The molecule has 3 heteroatoms. The lowest BCUT2D eigenvalue weighted by Gasteiger charge is -2.13. The summed E-state index contributed by atoms with van der Waals surface area (Å²) in [6.07, 6.45) is 0. The minimum atomic E-state index is 0.346. The second kappa shape index (κ2) is 6.96. The average Bonchev–Trinajstić information content (AvgIpc) is 2.53. The van der Waals surface area contributed by atoms with Crippen molar-refractivity contribution in [1.82, 2.24) is 5.32 Å². The predicted molar refractivity (Wildman–Crippen MR) is 81.2 cm³/mol. The molecule has 2 rings (SSSR count). The van der Waals surface area contributed by atoms with E-state index in [0.717, 1.165) is 17.1 Å². The number of nitrogens with one attached hydrogen (secondary N) is 1. The predicted octanol–water partition coefficient (Wildman–Crippen LogP) is 3.55. The molecule has 0 aliphatic heterocycles. The van der Waals surface area contributed by atoms with E-state index in [0.29, 0.717) is 12.6 Å². The van der Waals surface area contributed by atoms with E-state index in [2.05, 4.69) is 24.4 Å². The lowest BCUT2D eigenvalue weighted by molar-refractivity contribution is 0.296. The lowest BCUT2D eigenvalue weighted by Crippen LogP contribution is -2.11. The van der Waals surface area contributed by atoms with Crippen LogP contribution in [-0.4, -0.2) is 14.2 Å². The van der Waals surface area contributed by atoms with Crippen molar-refractivity contribution in [3.63, 3.8) is 0 Å². The first kappa shape index (κ1) is 14.4. The summed E-state index contributed by atoms with van der Waals surface area (Å²) >= 11 is 0. The molecule has 0 spiro atoms. The SMILES string of the molecule is CNC(C)c1ccc(OCc2ccccc2OC)cc1. The quantitative estimate of drug-likeness (QED) is 0.871. The van der Waals surface area contributed by atoms with E-state index in [1.54, 1.807) is 7.11 Å². The Kier molecular flexibility index (Phi) is 5.02. The fourth-order valence-corrected chi connectivity index (χ4v) is 2.00. The molecule has 0 fully saturated rings. The Balaban J connectivity index is 2.00. The fourth-order valence-electron chi connectivity index (χ4n) is 2.00. The third-order valence-electron chi connectivity index (χ3n) is 3.40. The number of benzene rings is 2. The van der Waals surface area contributed by atoms with Gasteiger partial charge in [0.25, 0.3) is 0 Å². The first-order chi connectivity index (χ1) is 9.74. The normalized spacial score (nSPS) is 11.9. The maximum Gasteiger partial charge on any atom is 0.125 e. The number of rotatable bonds is 6. The summed E-state index contributed by atoms with van der Waals surface area (Å²) in [5.74, 6) is 1.72. The van der Waals surface area contributed by atoms with Gasteiger partial charge in [0.1, 0.15) is 18.1 Å². The first-order valence-corrected chi connectivity index (χ1v) is 6.76. The van der Waals surface area contributed by atoms with Gasteiger partial charge < -0.3 is 14.8 Å². The Morgan fingerprint density at radius 3 is 2.40 bits per heavy atom. The van der Waals surface area contributed by atoms with Gasteiger partial charge in [-0.1, -0.05) is 30.3 Å². The van der Waals surface area contributed by atoms with Crippen molar-refractivity contribution < 1.29 is 9.47 Å². The van der Waals surface area contributed by atoms with Gasteiger partial charge in [-0.2, -0.15) is 0 Å². The van der Waals surface area contributed by atoms with Gasteiger partial charge in [-0.05, 0) is 37.7 Å². The zero-order valence-corrected chi connectivity index (χ0v) is 12.2. The van der Waals surface area contributed by atoms with E-state index in [1.807, 2.05) is 43.4 Å². The second-order valence-corrected chi connectivity index (χ2v) is 4.68. The molecule has 1 unspecified atom stereocenters. The summed E-state index contributed by atoms with van der Waals surface area (Å²) in [6.45, 7) is 2.63. The number of hydrogen-bond donors (Lipinski definition) is 1. The van der Waals surface area contributed by atoms with Crippen molar-refractivity contribution in [1.29, 1.82) is 0 Å². The third kappa shape index (κ3) is 3.52. The molecule has 0 saturated heterocycles. The standard InChI is InChI=1S/C17H21NO2/c1-13(18-2)14-8-10-16(11-9-14)20-12-15-6-4-5-7-17(15)19-3/h4-11,13,18H,12H2,1-3H3. The van der Waals surface area contributed by atoms with E-state index in [9.17, 15) is 0 Å². The molecule has 1 N–H and O–H groups in total. The van der Waals surface area contributed by atoms with Crippen LogP contribution in [0.3, 0.4) is 0 Å². The van der Waals surface area contributed by atoms with Crippen LogP contribution in [-0.2, 0) is 6.61 Å². The molecule has 0 amide bonds. The second-order valence-electron chi connectivity index (χ2n) is 4.68. The maximum atomic E-state index is 5.80. The molecule has 2 aromatic rings. The van der Waals surface area contributed by atoms with E-state index in [4.69, 9.17) is 9.47 Å². The summed E-state index contributed by atoms with van der Waals surface area (Å²) in [5.41, 5.74) is 2.29.